The van der Waals surface area contributed by atoms with Crippen molar-refractivity contribution in [1.29, 1.82) is 0 Å². The lowest BCUT2D eigenvalue weighted by molar-refractivity contribution is -0.116. The van der Waals surface area contributed by atoms with E-state index in [1.807, 2.05) is 6.92 Å². The van der Waals surface area contributed by atoms with Crippen molar-refractivity contribution in [1.82, 2.24) is 5.32 Å². The predicted molar refractivity (Wildman–Crippen MR) is 107 cm³/mol. The fourth-order valence-corrected chi connectivity index (χ4v) is 4.13. The predicted octanol–water partition coefficient (Wildman–Crippen LogP) is 3.12. The Kier molecular flexibility index (Phi) is 6.13. The molecule has 1 saturated heterocycles. The van der Waals surface area contributed by atoms with Gasteiger partial charge in [0.15, 0.2) is 0 Å². The maximum absolute atomic E-state index is 12.4. The summed E-state index contributed by atoms with van der Waals surface area (Å²) in [5.41, 5.74) is 2.10. The SMILES string of the molecule is Cc1ccc(S(=O)(=O)Nc2ccc(NC(=O)CCC3CCNC3)cc2)cc1. The van der Waals surface area contributed by atoms with Gasteiger partial charge in [-0.2, -0.15) is 0 Å². The molecule has 1 heterocycles. The lowest BCUT2D eigenvalue weighted by Crippen LogP contribution is -2.15. The van der Waals surface area contributed by atoms with Gasteiger partial charge in [-0.1, -0.05) is 17.7 Å². The van der Waals surface area contributed by atoms with Crippen LogP contribution in [0.5, 0.6) is 0 Å². The molecular formula is C20H25N3O3S. The number of hydrogen-bond acceptors (Lipinski definition) is 4. The maximum Gasteiger partial charge on any atom is 0.261 e. The molecule has 27 heavy (non-hydrogen) atoms. The minimum atomic E-state index is -3.63. The van der Waals surface area contributed by atoms with Crippen LogP contribution in [0.2, 0.25) is 0 Å². The van der Waals surface area contributed by atoms with Gasteiger partial charge >= 0.3 is 0 Å². The van der Waals surface area contributed by atoms with Gasteiger partial charge in [0, 0.05) is 17.8 Å². The normalized spacial score (nSPS) is 16.9. The monoisotopic (exact) mass is 387 g/mol. The van der Waals surface area contributed by atoms with Crippen molar-refractivity contribution in [2.24, 2.45) is 5.92 Å². The van der Waals surface area contributed by atoms with Crippen molar-refractivity contribution in [3.8, 4) is 0 Å². The third kappa shape index (κ3) is 5.55. The highest BCUT2D eigenvalue weighted by Crippen LogP contribution is 2.20. The molecule has 2 aromatic carbocycles. The van der Waals surface area contributed by atoms with Crippen LogP contribution in [0.1, 0.15) is 24.8 Å². The molecule has 0 radical (unpaired) electrons. The molecule has 1 aliphatic rings. The van der Waals surface area contributed by atoms with E-state index in [4.69, 9.17) is 0 Å². The molecule has 3 N–H and O–H groups in total. The van der Waals surface area contributed by atoms with Crippen LogP contribution in [0.3, 0.4) is 0 Å². The lowest BCUT2D eigenvalue weighted by atomic mass is 10.0. The number of rotatable bonds is 7. The standard InChI is InChI=1S/C20H25N3O3S/c1-15-2-9-19(10-3-15)27(25,26)23-18-7-5-17(6-8-18)22-20(24)11-4-16-12-13-21-14-16/h2-3,5-10,16,21,23H,4,11-14H2,1H3,(H,22,24). The van der Waals surface area contributed by atoms with E-state index in [1.54, 1.807) is 48.5 Å². The first kappa shape index (κ1) is 19.4. The number of carbonyl (C=O) groups is 1. The zero-order chi connectivity index (χ0) is 19.3. The van der Waals surface area contributed by atoms with Gasteiger partial charge in [-0.3, -0.25) is 9.52 Å². The number of sulfonamides is 1. The molecule has 0 bridgehead atoms. The van der Waals surface area contributed by atoms with Crippen molar-refractivity contribution in [3.63, 3.8) is 0 Å². The zero-order valence-electron chi connectivity index (χ0n) is 15.4. The number of benzene rings is 2. The van der Waals surface area contributed by atoms with Crippen LogP contribution in [-0.4, -0.2) is 27.4 Å². The van der Waals surface area contributed by atoms with Gasteiger partial charge in [-0.05, 0) is 75.2 Å². The number of carbonyl (C=O) groups excluding carboxylic acids is 1. The van der Waals surface area contributed by atoms with Crippen molar-refractivity contribution in [3.05, 3.63) is 54.1 Å². The lowest BCUT2D eigenvalue weighted by Gasteiger charge is -2.11. The van der Waals surface area contributed by atoms with Crippen LogP contribution in [0.15, 0.2) is 53.4 Å². The Morgan fingerprint density at radius 3 is 2.37 bits per heavy atom. The summed E-state index contributed by atoms with van der Waals surface area (Å²) in [4.78, 5) is 12.3. The molecule has 1 aliphatic heterocycles. The van der Waals surface area contributed by atoms with Crippen LogP contribution in [-0.2, 0) is 14.8 Å². The van der Waals surface area contributed by atoms with Gasteiger partial charge in [-0.15, -0.1) is 0 Å². The number of anilines is 2. The van der Waals surface area contributed by atoms with Crippen molar-refractivity contribution < 1.29 is 13.2 Å². The van der Waals surface area contributed by atoms with Crippen LogP contribution in [0.25, 0.3) is 0 Å². The summed E-state index contributed by atoms with van der Waals surface area (Å²) in [5.74, 6) is 0.559. The average molecular weight is 388 g/mol. The molecule has 0 aromatic heterocycles. The Balaban J connectivity index is 1.54. The molecule has 1 fully saturated rings. The number of hydrogen-bond donors (Lipinski definition) is 3. The molecule has 144 valence electrons. The summed E-state index contributed by atoms with van der Waals surface area (Å²) in [6.45, 7) is 3.93. The second-order valence-corrected chi connectivity index (χ2v) is 8.62. The first-order valence-electron chi connectivity index (χ1n) is 9.12. The van der Waals surface area contributed by atoms with Crippen molar-refractivity contribution >= 4 is 27.3 Å². The summed E-state index contributed by atoms with van der Waals surface area (Å²) < 4.78 is 27.4. The van der Waals surface area contributed by atoms with Gasteiger partial charge in [-0.25, -0.2) is 8.42 Å². The highest BCUT2D eigenvalue weighted by atomic mass is 32.2. The smallest absolute Gasteiger partial charge is 0.261 e. The van der Waals surface area contributed by atoms with Crippen LogP contribution in [0, 0.1) is 12.8 Å². The van der Waals surface area contributed by atoms with Crippen molar-refractivity contribution in [2.45, 2.75) is 31.1 Å². The highest BCUT2D eigenvalue weighted by Gasteiger charge is 2.16. The maximum atomic E-state index is 12.4. The van der Waals surface area contributed by atoms with E-state index in [1.165, 1.54) is 0 Å². The Hall–Kier alpha value is -2.38. The molecule has 1 unspecified atom stereocenters. The van der Waals surface area contributed by atoms with Gasteiger partial charge in [0.05, 0.1) is 4.90 Å². The third-order valence-corrected chi connectivity index (χ3v) is 6.09. The first-order valence-corrected chi connectivity index (χ1v) is 10.6. The third-order valence-electron chi connectivity index (χ3n) is 4.69. The summed E-state index contributed by atoms with van der Waals surface area (Å²) in [6.07, 6.45) is 2.50. The van der Waals surface area contributed by atoms with Gasteiger partial charge in [0.1, 0.15) is 0 Å². The molecular weight excluding hydrogens is 362 g/mol. The van der Waals surface area contributed by atoms with Crippen LogP contribution < -0.4 is 15.4 Å². The molecule has 0 saturated carbocycles. The number of amides is 1. The van der Waals surface area contributed by atoms with Crippen LogP contribution >= 0.6 is 0 Å². The van der Waals surface area contributed by atoms with E-state index in [0.717, 1.165) is 31.5 Å². The Labute approximate surface area is 160 Å². The molecule has 0 spiro atoms. The molecule has 2 aromatic rings. The van der Waals surface area contributed by atoms with E-state index in [0.29, 0.717) is 23.7 Å². The Morgan fingerprint density at radius 1 is 1.07 bits per heavy atom. The number of nitrogens with one attached hydrogen (secondary N) is 3. The topological polar surface area (TPSA) is 87.3 Å². The fourth-order valence-electron chi connectivity index (χ4n) is 3.07. The van der Waals surface area contributed by atoms with E-state index in [-0.39, 0.29) is 10.8 Å². The summed E-state index contributed by atoms with van der Waals surface area (Å²) in [5, 5.41) is 6.15. The molecule has 0 aliphatic carbocycles. The molecule has 3 rings (SSSR count). The number of aryl methyl sites for hydroxylation is 1. The summed E-state index contributed by atoms with van der Waals surface area (Å²) in [7, 11) is -3.63. The van der Waals surface area contributed by atoms with E-state index in [9.17, 15) is 13.2 Å². The zero-order valence-corrected chi connectivity index (χ0v) is 16.2. The molecule has 6 nitrogen and oxygen atoms in total. The van der Waals surface area contributed by atoms with Gasteiger partial charge in [0.25, 0.3) is 10.0 Å². The quantitative estimate of drug-likeness (QED) is 0.681. The van der Waals surface area contributed by atoms with E-state index >= 15 is 0 Å². The minimum Gasteiger partial charge on any atom is -0.326 e. The second-order valence-electron chi connectivity index (χ2n) is 6.94. The average Bonchev–Trinajstić information content (AvgIpc) is 3.15. The Morgan fingerprint density at radius 2 is 1.74 bits per heavy atom. The largest absolute Gasteiger partial charge is 0.326 e. The van der Waals surface area contributed by atoms with Gasteiger partial charge in [0.2, 0.25) is 5.91 Å². The second kappa shape index (κ2) is 8.54. The molecule has 1 atom stereocenters. The fraction of sp³-hybridized carbons (Fsp3) is 0.350. The van der Waals surface area contributed by atoms with E-state index in [2.05, 4.69) is 15.4 Å². The van der Waals surface area contributed by atoms with E-state index < -0.39 is 10.0 Å². The molecule has 7 heteroatoms. The van der Waals surface area contributed by atoms with Gasteiger partial charge < -0.3 is 10.6 Å². The Bertz CT molecular complexity index is 872. The highest BCUT2D eigenvalue weighted by molar-refractivity contribution is 7.92. The molecule has 1 amide bonds. The first-order chi connectivity index (χ1) is 12.9. The minimum absolute atomic E-state index is 0.0186. The van der Waals surface area contributed by atoms with Crippen molar-refractivity contribution in [2.75, 3.05) is 23.1 Å². The van der Waals surface area contributed by atoms with Crippen LogP contribution in [0.4, 0.5) is 11.4 Å². The summed E-state index contributed by atoms with van der Waals surface area (Å²) in [6, 6.07) is 13.3. The summed E-state index contributed by atoms with van der Waals surface area (Å²) >= 11 is 0.